The lowest BCUT2D eigenvalue weighted by Gasteiger charge is -2.29. The van der Waals surface area contributed by atoms with Crippen LogP contribution in [0.25, 0.3) is 21.9 Å². The van der Waals surface area contributed by atoms with Crippen LogP contribution in [-0.2, 0) is 34.3 Å². The third-order valence-corrected chi connectivity index (χ3v) is 18.7. The smallest absolute Gasteiger partial charge is 0.388 e. The molecule has 0 spiro atoms. The summed E-state index contributed by atoms with van der Waals surface area (Å²) >= 11 is 0. The van der Waals surface area contributed by atoms with Gasteiger partial charge in [-0.05, 0) is 110 Å². The van der Waals surface area contributed by atoms with Crippen molar-refractivity contribution in [2.45, 2.75) is 155 Å². The van der Waals surface area contributed by atoms with Crippen molar-refractivity contribution in [2.24, 2.45) is 10.9 Å². The zero-order valence-corrected chi connectivity index (χ0v) is 43.6. The Balaban J connectivity index is 1.40. The molecule has 5 atom stereocenters. The minimum absolute atomic E-state index is 0.128. The van der Waals surface area contributed by atoms with Crippen LogP contribution in [0.4, 0.5) is 0 Å². The second-order valence-corrected chi connectivity index (χ2v) is 24.5. The van der Waals surface area contributed by atoms with Crippen molar-refractivity contribution in [2.75, 3.05) is 19.8 Å². The van der Waals surface area contributed by atoms with Gasteiger partial charge in [0.05, 0.1) is 40.6 Å². The van der Waals surface area contributed by atoms with Gasteiger partial charge in [0.1, 0.15) is 6.61 Å². The van der Waals surface area contributed by atoms with Crippen LogP contribution in [0.1, 0.15) is 125 Å². The summed E-state index contributed by atoms with van der Waals surface area (Å²) in [7, 11) is -10.7. The molecule has 0 radical (unpaired) electrons. The molecule has 8 rings (SSSR count). The van der Waals surface area contributed by atoms with Crippen LogP contribution in [-0.4, -0.2) is 74.4 Å². The molecule has 2 saturated heterocycles. The molecule has 2 fully saturated rings. The predicted octanol–water partition coefficient (Wildman–Crippen LogP) is 11.6. The van der Waals surface area contributed by atoms with E-state index in [0.29, 0.717) is 87.1 Å². The summed E-state index contributed by atoms with van der Waals surface area (Å²) < 4.78 is 104. The Morgan fingerprint density at radius 3 is 1.51 bits per heavy atom. The van der Waals surface area contributed by atoms with Gasteiger partial charge in [-0.3, -0.25) is 4.52 Å². The van der Waals surface area contributed by atoms with Gasteiger partial charge in [0.2, 0.25) is 25.9 Å². The van der Waals surface area contributed by atoms with Crippen LogP contribution >= 0.6 is 8.24 Å². The summed E-state index contributed by atoms with van der Waals surface area (Å²) in [6.45, 7) is 25.9. The summed E-state index contributed by atoms with van der Waals surface area (Å²) in [6, 6.07) is 17.7. The molecule has 0 saturated carbocycles. The fourth-order valence-corrected chi connectivity index (χ4v) is 16.1. The highest BCUT2D eigenvalue weighted by Crippen LogP contribution is 2.48. The van der Waals surface area contributed by atoms with E-state index in [2.05, 4.69) is 13.8 Å². The first-order chi connectivity index (χ1) is 31.5. The molecule has 13 nitrogen and oxygen atoms in total. The van der Waals surface area contributed by atoms with Gasteiger partial charge in [0.15, 0.2) is 29.2 Å². The summed E-state index contributed by atoms with van der Waals surface area (Å²) in [5.74, 6) is 0.549. The van der Waals surface area contributed by atoms with Gasteiger partial charge in [0.25, 0.3) is 0 Å². The average Bonchev–Trinajstić information content (AvgIpc) is 3.94. The first-order valence-electron chi connectivity index (χ1n) is 23.3. The van der Waals surface area contributed by atoms with Gasteiger partial charge in [0, 0.05) is 21.9 Å². The number of nitrogens with zero attached hydrogens (tertiary/aromatic N) is 3. The Labute approximate surface area is 397 Å². The minimum Gasteiger partial charge on any atom is -0.476 e. The second-order valence-electron chi connectivity index (χ2n) is 19.9. The van der Waals surface area contributed by atoms with Gasteiger partial charge in [-0.2, -0.15) is 8.61 Å². The molecule has 0 N–H and O–H groups in total. The van der Waals surface area contributed by atoms with Crippen LogP contribution in [0.5, 0.6) is 0 Å². The largest absolute Gasteiger partial charge is 0.476 e. The molecule has 3 aliphatic rings. The van der Waals surface area contributed by atoms with Crippen LogP contribution in [0.2, 0.25) is 0 Å². The Hall–Kier alpha value is -4.05. The Kier molecular flexibility index (Phi) is 13.5. The number of ether oxygens (including phenoxy) is 3. The molecule has 1 aromatic heterocycles. The third-order valence-electron chi connectivity index (χ3n) is 13.0. The average molecular weight is 976 g/mol. The molecule has 16 heteroatoms. The van der Waals surface area contributed by atoms with E-state index in [0.717, 1.165) is 11.1 Å². The highest BCUT2D eigenvalue weighted by Gasteiger charge is 2.48. The zero-order valence-electron chi connectivity index (χ0n) is 41.1. The lowest BCUT2D eigenvalue weighted by Crippen LogP contribution is -2.42. The summed E-state index contributed by atoms with van der Waals surface area (Å²) in [5, 5.41) is 1.16. The van der Waals surface area contributed by atoms with Crippen LogP contribution in [0.3, 0.4) is 0 Å². The molecule has 0 aliphatic carbocycles. The monoisotopic (exact) mass is 975 g/mol. The van der Waals surface area contributed by atoms with E-state index < -0.39 is 64.0 Å². The first kappa shape index (κ1) is 49.4. The van der Waals surface area contributed by atoms with Crippen molar-refractivity contribution >= 4 is 56.1 Å². The minimum atomic E-state index is -4.14. The number of fused-ring (bicyclic) bond motifs is 3. The van der Waals surface area contributed by atoms with Gasteiger partial charge in [-0.25, -0.2) is 21.8 Å². The third kappa shape index (κ3) is 9.04. The maximum Gasteiger partial charge on any atom is 0.388 e. The summed E-state index contributed by atoms with van der Waals surface area (Å²) in [5.41, 5.74) is 4.50. The maximum absolute atomic E-state index is 15.1. The van der Waals surface area contributed by atoms with Crippen molar-refractivity contribution in [3.63, 3.8) is 0 Å². The lowest BCUT2D eigenvalue weighted by atomic mass is 9.94. The van der Waals surface area contributed by atoms with Crippen LogP contribution < -0.4 is 4.52 Å². The zero-order chi connectivity index (χ0) is 48.5. The van der Waals surface area contributed by atoms with Crippen molar-refractivity contribution in [1.29, 1.82) is 0 Å². The number of rotatable bonds is 13. The number of aliphatic imine (C=N–C) groups is 1. The fourth-order valence-electron chi connectivity index (χ4n) is 10.4. The standard InChI is InChI=1S/C51H66N3O10PS2/c1-14-37-27-59-47(53(37)66(55,56)45-33(7)22-31(5)23-34(45)8)41-20-16-18-39-40-19-17-21-42(48-54(38(15-2)28-60-48)67(57,58)46-35(9)24-32(6)25-36(46)10)44(40)63-65(62-43(39)41)64-51(13,26-30(3)4)49-52-50(11,12)29-61-49/h16-25,30,37-38,47-48H,14-15,26-29H2,1-13H3/t37-,38-,47-,48-,51?/m0/s1. The molecule has 4 heterocycles. The van der Waals surface area contributed by atoms with Crippen LogP contribution in [0.15, 0.2) is 83.8 Å². The maximum atomic E-state index is 15.1. The summed E-state index contributed by atoms with van der Waals surface area (Å²) in [4.78, 5) is 5.47. The number of aryl methyl sites for hydroxylation is 6. The molecule has 5 aromatic rings. The molecular weight excluding hydrogens is 910 g/mol. The van der Waals surface area contributed by atoms with Gasteiger partial charge in [-0.1, -0.05) is 99.5 Å². The number of benzene rings is 4. The summed E-state index contributed by atoms with van der Waals surface area (Å²) in [6.07, 6.45) is -0.654. The second kappa shape index (κ2) is 18.4. The van der Waals surface area contributed by atoms with Gasteiger partial charge < -0.3 is 22.6 Å². The molecule has 362 valence electrons. The molecule has 0 bridgehead atoms. The number of hydrogen-bond acceptors (Lipinski definition) is 11. The first-order valence-corrected chi connectivity index (χ1v) is 27.3. The number of sulfonamides is 2. The van der Waals surface area contributed by atoms with Crippen molar-refractivity contribution in [1.82, 2.24) is 8.61 Å². The number of hydrogen-bond donors (Lipinski definition) is 0. The van der Waals surface area contributed by atoms with Gasteiger partial charge in [-0.15, -0.1) is 0 Å². The molecule has 0 amide bonds. The lowest BCUT2D eigenvalue weighted by molar-refractivity contribution is 0.0684. The van der Waals surface area contributed by atoms with Gasteiger partial charge >= 0.3 is 8.24 Å². The fraction of sp³-hybridized carbons (Fsp3) is 0.510. The topological polar surface area (TPSA) is 150 Å². The van der Waals surface area contributed by atoms with E-state index in [4.69, 9.17) is 32.1 Å². The van der Waals surface area contributed by atoms with E-state index in [1.54, 1.807) is 0 Å². The van der Waals surface area contributed by atoms with E-state index in [9.17, 15) is 0 Å². The van der Waals surface area contributed by atoms with Crippen molar-refractivity contribution in [3.05, 3.63) is 105 Å². The Bertz CT molecular complexity index is 2820. The van der Waals surface area contributed by atoms with Crippen LogP contribution in [0, 0.1) is 47.5 Å². The Morgan fingerprint density at radius 2 is 1.15 bits per heavy atom. The quantitative estimate of drug-likeness (QED) is 0.112. The van der Waals surface area contributed by atoms with E-state index in [1.807, 2.05) is 137 Å². The van der Waals surface area contributed by atoms with Crippen molar-refractivity contribution in [3.8, 4) is 0 Å². The molecule has 1 unspecified atom stereocenters. The van der Waals surface area contributed by atoms with E-state index in [-0.39, 0.29) is 28.9 Å². The molecular formula is C51H66N3O10PS2. The predicted molar refractivity (Wildman–Crippen MR) is 263 cm³/mol. The number of para-hydroxylation sites is 2. The SMILES string of the molecule is CC[C@H]1CO[C@@H](c2cccc3c2op(OC(C)(CC(C)C)C2=NC(C)(C)CO2)oc2c([C@@H]4OC[C@H](CC)N4S(=O)(=O)c4c(C)cc(C)cc4C)cccc23)N1S(=O)(=O)c1c(C)cc(C)cc1C. The van der Waals surface area contributed by atoms with E-state index >= 15 is 16.8 Å². The normalized spacial score (nSPS) is 22.4. The van der Waals surface area contributed by atoms with Crippen molar-refractivity contribution < 1.29 is 44.0 Å². The Morgan fingerprint density at radius 1 is 0.731 bits per heavy atom. The van der Waals surface area contributed by atoms with E-state index in [1.165, 1.54) is 8.61 Å². The molecule has 67 heavy (non-hydrogen) atoms. The highest BCUT2D eigenvalue weighted by atomic mass is 32.2. The molecule has 3 aliphatic heterocycles. The highest BCUT2D eigenvalue weighted by molar-refractivity contribution is 7.89. The molecule has 4 aromatic carbocycles.